The zero-order chi connectivity index (χ0) is 14.5. The van der Waals surface area contributed by atoms with Crippen LogP contribution in [0.25, 0.3) is 0 Å². The van der Waals surface area contributed by atoms with Crippen LogP contribution < -0.4 is 14.8 Å². The third-order valence-corrected chi connectivity index (χ3v) is 4.03. The van der Waals surface area contributed by atoms with E-state index in [2.05, 4.69) is 21.2 Å². The van der Waals surface area contributed by atoms with Crippen LogP contribution in [0.2, 0.25) is 0 Å². The Morgan fingerprint density at radius 1 is 1.40 bits per heavy atom. The lowest BCUT2D eigenvalue weighted by molar-refractivity contribution is 0.0577. The minimum absolute atomic E-state index is 0.138. The van der Waals surface area contributed by atoms with Crippen molar-refractivity contribution < 1.29 is 14.6 Å². The first-order chi connectivity index (χ1) is 9.65. The van der Waals surface area contributed by atoms with E-state index in [0.717, 1.165) is 41.6 Å². The highest BCUT2D eigenvalue weighted by atomic mass is 79.9. The number of hydrogen-bond donors (Lipinski definition) is 2. The molecule has 0 aromatic heterocycles. The number of nitrogens with one attached hydrogen (secondary N) is 1. The maximum Gasteiger partial charge on any atom is 0.175 e. The summed E-state index contributed by atoms with van der Waals surface area (Å²) in [6.07, 6.45) is 2.18. The molecule has 0 spiro atoms. The van der Waals surface area contributed by atoms with Crippen LogP contribution >= 0.6 is 15.9 Å². The van der Waals surface area contributed by atoms with Crippen molar-refractivity contribution in [1.82, 2.24) is 5.32 Å². The van der Waals surface area contributed by atoms with Crippen LogP contribution in [0.15, 0.2) is 16.6 Å². The summed E-state index contributed by atoms with van der Waals surface area (Å²) < 4.78 is 12.5. The first kappa shape index (κ1) is 15.6. The van der Waals surface area contributed by atoms with Crippen molar-refractivity contribution in [3.05, 3.63) is 22.2 Å². The van der Waals surface area contributed by atoms with Gasteiger partial charge < -0.3 is 19.9 Å². The van der Waals surface area contributed by atoms with E-state index in [1.165, 1.54) is 0 Å². The Balaban J connectivity index is 2.25. The Hall–Kier alpha value is -0.780. The molecule has 2 rings (SSSR count). The molecule has 0 saturated heterocycles. The maximum absolute atomic E-state index is 9.91. The average Bonchev–Trinajstić information content (AvgIpc) is 2.80. The van der Waals surface area contributed by atoms with E-state index in [1.54, 1.807) is 0 Å². The van der Waals surface area contributed by atoms with Gasteiger partial charge in [0.1, 0.15) is 6.10 Å². The average molecular weight is 344 g/mol. The van der Waals surface area contributed by atoms with E-state index in [9.17, 15) is 5.11 Å². The first-order valence-electron chi connectivity index (χ1n) is 7.10. The normalized spacial score (nSPS) is 22.0. The SMILES string of the molecule is CCOc1cc(CNC)cc(Br)c1OC1CCCC1O. The molecule has 1 aliphatic carbocycles. The second-order valence-corrected chi connectivity index (χ2v) is 5.88. The number of halogens is 1. The molecule has 2 atom stereocenters. The van der Waals surface area contributed by atoms with Crippen LogP contribution in [0.3, 0.4) is 0 Å². The van der Waals surface area contributed by atoms with E-state index in [1.807, 2.05) is 26.1 Å². The molecule has 0 amide bonds. The summed E-state index contributed by atoms with van der Waals surface area (Å²) in [5.74, 6) is 1.42. The minimum Gasteiger partial charge on any atom is -0.490 e. The number of hydrogen-bond acceptors (Lipinski definition) is 4. The van der Waals surface area contributed by atoms with Gasteiger partial charge >= 0.3 is 0 Å². The molecule has 0 heterocycles. The zero-order valence-corrected chi connectivity index (χ0v) is 13.6. The highest BCUT2D eigenvalue weighted by Gasteiger charge is 2.28. The van der Waals surface area contributed by atoms with Gasteiger partial charge in [0, 0.05) is 6.54 Å². The first-order valence-corrected chi connectivity index (χ1v) is 7.89. The molecular formula is C15H22BrNO3. The zero-order valence-electron chi connectivity index (χ0n) is 12.0. The van der Waals surface area contributed by atoms with Gasteiger partial charge in [0.05, 0.1) is 17.2 Å². The summed E-state index contributed by atoms with van der Waals surface area (Å²) in [5.41, 5.74) is 1.13. The van der Waals surface area contributed by atoms with Crippen LogP contribution in [0.4, 0.5) is 0 Å². The Morgan fingerprint density at radius 3 is 2.80 bits per heavy atom. The summed E-state index contributed by atoms with van der Waals surface area (Å²) in [6.45, 7) is 3.30. The van der Waals surface area contributed by atoms with Gasteiger partial charge in [-0.15, -0.1) is 0 Å². The van der Waals surface area contributed by atoms with E-state index in [-0.39, 0.29) is 12.2 Å². The monoisotopic (exact) mass is 343 g/mol. The second-order valence-electron chi connectivity index (χ2n) is 5.02. The number of benzene rings is 1. The van der Waals surface area contributed by atoms with Crippen molar-refractivity contribution in [2.24, 2.45) is 0 Å². The number of aliphatic hydroxyl groups excluding tert-OH is 1. The fourth-order valence-corrected chi connectivity index (χ4v) is 3.08. The molecule has 0 bridgehead atoms. The van der Waals surface area contributed by atoms with Gasteiger partial charge in [0.15, 0.2) is 11.5 Å². The maximum atomic E-state index is 9.91. The molecule has 1 aromatic carbocycles. The molecule has 0 aliphatic heterocycles. The standard InChI is InChI=1S/C15H22BrNO3/c1-3-19-14-8-10(9-17-2)7-11(16)15(14)20-13-6-4-5-12(13)18/h7-8,12-13,17-18H,3-6,9H2,1-2H3. The molecule has 1 saturated carbocycles. The molecule has 1 aliphatic rings. The van der Waals surface area contributed by atoms with E-state index < -0.39 is 0 Å². The molecule has 0 radical (unpaired) electrons. The van der Waals surface area contributed by atoms with E-state index in [0.29, 0.717) is 12.4 Å². The lowest BCUT2D eigenvalue weighted by Gasteiger charge is -2.21. The van der Waals surface area contributed by atoms with Crippen molar-refractivity contribution >= 4 is 15.9 Å². The third-order valence-electron chi connectivity index (χ3n) is 3.44. The van der Waals surface area contributed by atoms with E-state index >= 15 is 0 Å². The number of aliphatic hydroxyl groups is 1. The highest BCUT2D eigenvalue weighted by molar-refractivity contribution is 9.10. The van der Waals surface area contributed by atoms with Crippen molar-refractivity contribution in [1.29, 1.82) is 0 Å². The Labute approximate surface area is 128 Å². The van der Waals surface area contributed by atoms with Gasteiger partial charge in [-0.25, -0.2) is 0 Å². The molecule has 2 N–H and O–H groups in total. The molecular weight excluding hydrogens is 322 g/mol. The van der Waals surface area contributed by atoms with Crippen molar-refractivity contribution in [3.8, 4) is 11.5 Å². The topological polar surface area (TPSA) is 50.7 Å². The van der Waals surface area contributed by atoms with Gasteiger partial charge in [-0.2, -0.15) is 0 Å². The Bertz CT molecular complexity index is 453. The quantitative estimate of drug-likeness (QED) is 0.833. The number of ether oxygens (including phenoxy) is 2. The molecule has 1 aromatic rings. The molecule has 4 nitrogen and oxygen atoms in total. The smallest absolute Gasteiger partial charge is 0.175 e. The lowest BCUT2D eigenvalue weighted by atomic mass is 10.2. The van der Waals surface area contributed by atoms with Crippen molar-refractivity contribution in [3.63, 3.8) is 0 Å². The van der Waals surface area contributed by atoms with Crippen LogP contribution in [0.5, 0.6) is 11.5 Å². The largest absolute Gasteiger partial charge is 0.490 e. The van der Waals surface area contributed by atoms with Crippen LogP contribution in [0, 0.1) is 0 Å². The van der Waals surface area contributed by atoms with Gasteiger partial charge in [-0.3, -0.25) is 0 Å². The predicted octanol–water partition coefficient (Wildman–Crippen LogP) is 2.86. The van der Waals surface area contributed by atoms with Gasteiger partial charge in [0.25, 0.3) is 0 Å². The fourth-order valence-electron chi connectivity index (χ4n) is 2.50. The van der Waals surface area contributed by atoms with Gasteiger partial charge in [0.2, 0.25) is 0 Å². The van der Waals surface area contributed by atoms with E-state index in [4.69, 9.17) is 9.47 Å². The summed E-state index contributed by atoms with van der Waals surface area (Å²) >= 11 is 3.55. The number of rotatable bonds is 6. The Morgan fingerprint density at radius 2 is 2.20 bits per heavy atom. The van der Waals surface area contributed by atoms with Crippen LogP contribution in [0.1, 0.15) is 31.7 Å². The molecule has 1 fully saturated rings. The van der Waals surface area contributed by atoms with Gasteiger partial charge in [-0.05, 0) is 66.9 Å². The molecule has 5 heteroatoms. The minimum atomic E-state index is -0.381. The summed E-state index contributed by atoms with van der Waals surface area (Å²) in [6, 6.07) is 4.01. The highest BCUT2D eigenvalue weighted by Crippen LogP contribution is 2.39. The second kappa shape index (κ2) is 7.29. The predicted molar refractivity (Wildman–Crippen MR) is 82.3 cm³/mol. The van der Waals surface area contributed by atoms with Gasteiger partial charge in [-0.1, -0.05) is 0 Å². The third kappa shape index (κ3) is 3.65. The lowest BCUT2D eigenvalue weighted by Crippen LogP contribution is -2.26. The summed E-state index contributed by atoms with van der Waals surface area (Å²) in [5, 5.41) is 13.0. The molecule has 20 heavy (non-hydrogen) atoms. The molecule has 2 unspecified atom stereocenters. The fraction of sp³-hybridized carbons (Fsp3) is 0.600. The van der Waals surface area contributed by atoms with Crippen LogP contribution in [-0.4, -0.2) is 31.0 Å². The van der Waals surface area contributed by atoms with Crippen molar-refractivity contribution in [2.45, 2.75) is 44.9 Å². The summed E-state index contributed by atoms with van der Waals surface area (Å²) in [4.78, 5) is 0. The van der Waals surface area contributed by atoms with Crippen LogP contribution in [-0.2, 0) is 6.54 Å². The summed E-state index contributed by atoms with van der Waals surface area (Å²) in [7, 11) is 1.91. The van der Waals surface area contributed by atoms with Crippen molar-refractivity contribution in [2.75, 3.05) is 13.7 Å². The Kier molecular flexibility index (Phi) is 5.69. The molecule has 112 valence electrons.